The molecular formula is C26H33N7O2S. The fourth-order valence-corrected chi connectivity index (χ4v) is 5.76. The van der Waals surface area contributed by atoms with Crippen molar-refractivity contribution in [1.29, 1.82) is 0 Å². The van der Waals surface area contributed by atoms with E-state index in [0.717, 1.165) is 65.4 Å². The van der Waals surface area contributed by atoms with E-state index < -0.39 is 0 Å². The molecule has 2 fully saturated rings. The summed E-state index contributed by atoms with van der Waals surface area (Å²) in [4.78, 5) is 38.5. The van der Waals surface area contributed by atoms with Gasteiger partial charge < -0.3 is 19.4 Å². The number of ether oxygens (including phenoxy) is 1. The lowest BCUT2D eigenvalue weighted by Gasteiger charge is -2.36. The fraction of sp³-hybridized carbons (Fsp3) is 0.500. The summed E-state index contributed by atoms with van der Waals surface area (Å²) in [6, 6.07) is 9.87. The Labute approximate surface area is 216 Å². The third kappa shape index (κ3) is 5.54. The zero-order valence-corrected chi connectivity index (χ0v) is 22.2. The molecule has 2 atom stereocenters. The first-order valence-corrected chi connectivity index (χ1v) is 13.5. The van der Waals surface area contributed by atoms with Crippen molar-refractivity contribution in [2.24, 2.45) is 0 Å². The Morgan fingerprint density at radius 2 is 1.53 bits per heavy atom. The van der Waals surface area contributed by atoms with Gasteiger partial charge in [-0.15, -0.1) is 0 Å². The highest BCUT2D eigenvalue weighted by Crippen LogP contribution is 2.31. The molecule has 5 rings (SSSR count). The Hall–Kier alpha value is -2.98. The maximum atomic E-state index is 13.2. The van der Waals surface area contributed by atoms with Crippen molar-refractivity contribution in [3.05, 3.63) is 41.7 Å². The molecule has 0 bridgehead atoms. The minimum Gasteiger partial charge on any atom is -0.372 e. The van der Waals surface area contributed by atoms with Gasteiger partial charge in [-0.2, -0.15) is 0 Å². The van der Waals surface area contributed by atoms with E-state index in [1.165, 1.54) is 11.8 Å². The van der Waals surface area contributed by atoms with Gasteiger partial charge in [-0.3, -0.25) is 4.79 Å². The maximum Gasteiger partial charge on any atom is 0.233 e. The van der Waals surface area contributed by atoms with E-state index in [-0.39, 0.29) is 18.1 Å². The summed E-state index contributed by atoms with van der Waals surface area (Å²) in [5.74, 6) is 2.03. The van der Waals surface area contributed by atoms with Crippen molar-refractivity contribution >= 4 is 40.5 Å². The number of para-hydroxylation sites is 2. The molecule has 0 radical (unpaired) electrons. The number of carbonyl (C=O) groups is 1. The molecule has 0 unspecified atom stereocenters. The van der Waals surface area contributed by atoms with Crippen LogP contribution >= 0.6 is 11.8 Å². The van der Waals surface area contributed by atoms with Crippen molar-refractivity contribution in [3.8, 4) is 0 Å². The second kappa shape index (κ2) is 10.6. The van der Waals surface area contributed by atoms with Crippen LogP contribution in [0.2, 0.25) is 0 Å². The van der Waals surface area contributed by atoms with E-state index in [2.05, 4.69) is 33.6 Å². The highest BCUT2D eigenvalue weighted by Gasteiger charge is 2.28. The molecule has 0 N–H and O–H groups in total. The normalized spacial score (nSPS) is 20.7. The van der Waals surface area contributed by atoms with Crippen LogP contribution in [0.25, 0.3) is 11.0 Å². The van der Waals surface area contributed by atoms with E-state index in [0.29, 0.717) is 18.8 Å². The first kappa shape index (κ1) is 24.7. The standard InChI is InChI=1S/C26H33N7O2S/c1-17-13-18(2)28-26(27-17)32-11-9-31(10-12-32)23(34)16-36-25-24(33-14-19(3)35-20(4)15-33)29-21-7-5-6-8-22(21)30-25/h5-8,13,19-20H,9-12,14-16H2,1-4H3/t19-,20-/m0/s1. The van der Waals surface area contributed by atoms with Gasteiger partial charge >= 0.3 is 0 Å². The molecule has 0 spiro atoms. The smallest absolute Gasteiger partial charge is 0.233 e. The van der Waals surface area contributed by atoms with Gasteiger partial charge in [0, 0.05) is 50.7 Å². The number of carbonyl (C=O) groups excluding carboxylic acids is 1. The number of piperazine rings is 1. The summed E-state index contributed by atoms with van der Waals surface area (Å²) >= 11 is 1.48. The Morgan fingerprint density at radius 1 is 0.917 bits per heavy atom. The third-order valence-corrected chi connectivity index (χ3v) is 7.40. The number of aryl methyl sites for hydroxylation is 2. The molecule has 0 saturated carbocycles. The van der Waals surface area contributed by atoms with Crippen LogP contribution in [0.5, 0.6) is 0 Å². The number of anilines is 2. The summed E-state index contributed by atoms with van der Waals surface area (Å²) < 4.78 is 5.93. The Balaban J connectivity index is 1.27. The number of hydrogen-bond acceptors (Lipinski definition) is 9. The Kier molecular flexibility index (Phi) is 7.25. The van der Waals surface area contributed by atoms with E-state index in [1.54, 1.807) is 0 Å². The molecule has 2 aliphatic rings. The molecule has 4 heterocycles. The van der Waals surface area contributed by atoms with Crippen molar-refractivity contribution in [1.82, 2.24) is 24.8 Å². The summed E-state index contributed by atoms with van der Waals surface area (Å²) in [7, 11) is 0. The molecular weight excluding hydrogens is 474 g/mol. The number of thioether (sulfide) groups is 1. The number of amides is 1. The van der Waals surface area contributed by atoms with Crippen LogP contribution in [0.3, 0.4) is 0 Å². The first-order valence-electron chi connectivity index (χ1n) is 12.5. The number of benzene rings is 1. The average molecular weight is 508 g/mol. The van der Waals surface area contributed by atoms with E-state index in [9.17, 15) is 4.79 Å². The topological polar surface area (TPSA) is 87.6 Å². The van der Waals surface area contributed by atoms with Crippen molar-refractivity contribution < 1.29 is 9.53 Å². The largest absolute Gasteiger partial charge is 0.372 e. The van der Waals surface area contributed by atoms with Crippen molar-refractivity contribution in [3.63, 3.8) is 0 Å². The SMILES string of the molecule is Cc1cc(C)nc(N2CCN(C(=O)CSc3nc4ccccc4nc3N3C[C@H](C)O[C@@H](C)C3)CC2)n1. The quantitative estimate of drug-likeness (QED) is 0.484. The Bertz CT molecular complexity index is 1220. The van der Waals surface area contributed by atoms with Gasteiger partial charge in [0.15, 0.2) is 5.82 Å². The lowest BCUT2D eigenvalue weighted by molar-refractivity contribution is -0.128. The number of fused-ring (bicyclic) bond motifs is 1. The number of hydrogen-bond donors (Lipinski definition) is 0. The van der Waals surface area contributed by atoms with Crippen LogP contribution in [-0.2, 0) is 9.53 Å². The molecule has 190 valence electrons. The van der Waals surface area contributed by atoms with Crippen molar-refractivity contribution in [2.75, 3.05) is 54.8 Å². The third-order valence-electron chi connectivity index (χ3n) is 6.46. The predicted octanol–water partition coefficient (Wildman–Crippen LogP) is 3.09. The summed E-state index contributed by atoms with van der Waals surface area (Å²) in [5.41, 5.74) is 3.62. The highest BCUT2D eigenvalue weighted by molar-refractivity contribution is 8.00. The van der Waals surface area contributed by atoms with Gasteiger partial charge in [0.25, 0.3) is 0 Å². The minimum absolute atomic E-state index is 0.110. The van der Waals surface area contributed by atoms with Gasteiger partial charge in [0.1, 0.15) is 5.03 Å². The highest BCUT2D eigenvalue weighted by atomic mass is 32.2. The van der Waals surface area contributed by atoms with Gasteiger partial charge in [0.2, 0.25) is 11.9 Å². The molecule has 3 aromatic rings. The molecule has 2 aliphatic heterocycles. The van der Waals surface area contributed by atoms with E-state index in [1.807, 2.05) is 49.1 Å². The van der Waals surface area contributed by atoms with Gasteiger partial charge in [0.05, 0.1) is 29.0 Å². The van der Waals surface area contributed by atoms with E-state index in [4.69, 9.17) is 14.7 Å². The molecule has 9 nitrogen and oxygen atoms in total. The molecule has 2 aromatic heterocycles. The van der Waals surface area contributed by atoms with Crippen LogP contribution in [0, 0.1) is 13.8 Å². The van der Waals surface area contributed by atoms with Crippen molar-refractivity contribution in [2.45, 2.75) is 44.9 Å². The summed E-state index contributed by atoms with van der Waals surface area (Å²) in [6.45, 7) is 12.4. The van der Waals surface area contributed by atoms with Crippen LogP contribution in [0.15, 0.2) is 35.4 Å². The fourth-order valence-electron chi connectivity index (χ4n) is 4.85. The van der Waals surface area contributed by atoms with E-state index >= 15 is 0 Å². The second-order valence-corrected chi connectivity index (χ2v) is 10.6. The summed E-state index contributed by atoms with van der Waals surface area (Å²) in [5, 5.41) is 0.797. The predicted molar refractivity (Wildman–Crippen MR) is 143 cm³/mol. The number of aromatic nitrogens is 4. The van der Waals surface area contributed by atoms with Crippen LogP contribution in [0.1, 0.15) is 25.2 Å². The monoisotopic (exact) mass is 507 g/mol. The van der Waals surface area contributed by atoms with Crippen LogP contribution in [0.4, 0.5) is 11.8 Å². The average Bonchev–Trinajstić information content (AvgIpc) is 2.85. The second-order valence-electron chi connectivity index (χ2n) is 9.61. The van der Waals surface area contributed by atoms with Crippen LogP contribution in [-0.4, -0.2) is 88.0 Å². The minimum atomic E-state index is 0.110. The number of rotatable bonds is 5. The molecule has 1 aromatic carbocycles. The molecule has 10 heteroatoms. The van der Waals surface area contributed by atoms with Gasteiger partial charge in [-0.25, -0.2) is 19.9 Å². The number of morpholine rings is 1. The number of nitrogens with zero attached hydrogens (tertiary/aromatic N) is 7. The Morgan fingerprint density at radius 3 is 2.17 bits per heavy atom. The lowest BCUT2D eigenvalue weighted by Crippen LogP contribution is -2.50. The first-order chi connectivity index (χ1) is 17.4. The zero-order chi connectivity index (χ0) is 25.2. The van der Waals surface area contributed by atoms with Crippen LogP contribution < -0.4 is 9.80 Å². The molecule has 0 aliphatic carbocycles. The zero-order valence-electron chi connectivity index (χ0n) is 21.3. The van der Waals surface area contributed by atoms with Gasteiger partial charge in [-0.1, -0.05) is 23.9 Å². The summed E-state index contributed by atoms with van der Waals surface area (Å²) in [6.07, 6.45) is 0.220. The molecule has 2 saturated heterocycles. The molecule has 1 amide bonds. The maximum absolute atomic E-state index is 13.2. The lowest BCUT2D eigenvalue weighted by atomic mass is 10.2. The molecule has 36 heavy (non-hydrogen) atoms. The van der Waals surface area contributed by atoms with Gasteiger partial charge in [-0.05, 0) is 45.9 Å².